The average molecular weight is 325 g/mol. The molecule has 0 bridgehead atoms. The van der Waals surface area contributed by atoms with Gasteiger partial charge in [0.2, 0.25) is 5.91 Å². The SMILES string of the molecule is Cc1ccccc1SCC(=O)N(C)Cc1nccn1C(F)F. The molecule has 4 nitrogen and oxygen atoms in total. The molecule has 0 aliphatic rings. The maximum Gasteiger partial charge on any atom is 0.319 e. The van der Waals surface area contributed by atoms with E-state index in [2.05, 4.69) is 4.98 Å². The number of benzene rings is 1. The number of amides is 1. The number of hydrogen-bond donors (Lipinski definition) is 0. The number of aromatic nitrogens is 2. The number of rotatable bonds is 6. The lowest BCUT2D eigenvalue weighted by molar-refractivity contribution is -0.127. The van der Waals surface area contributed by atoms with Crippen LogP contribution in [0.4, 0.5) is 8.78 Å². The van der Waals surface area contributed by atoms with Crippen molar-refractivity contribution in [2.75, 3.05) is 12.8 Å². The van der Waals surface area contributed by atoms with Crippen LogP contribution in [0.25, 0.3) is 0 Å². The minimum absolute atomic E-state index is 0.0600. The van der Waals surface area contributed by atoms with E-state index in [4.69, 9.17) is 0 Å². The Bertz CT molecular complexity index is 645. The van der Waals surface area contributed by atoms with Gasteiger partial charge in [-0.3, -0.25) is 9.36 Å². The Balaban J connectivity index is 1.92. The highest BCUT2D eigenvalue weighted by Crippen LogP contribution is 2.22. The molecule has 0 radical (unpaired) electrons. The molecule has 0 saturated heterocycles. The summed E-state index contributed by atoms with van der Waals surface area (Å²) in [4.78, 5) is 18.4. The fourth-order valence-corrected chi connectivity index (χ4v) is 2.88. The summed E-state index contributed by atoms with van der Waals surface area (Å²) in [6.45, 7) is -0.608. The predicted molar refractivity (Wildman–Crippen MR) is 81.9 cm³/mol. The number of halogens is 2. The highest BCUT2D eigenvalue weighted by Gasteiger charge is 2.16. The number of carbonyl (C=O) groups excluding carboxylic acids is 1. The molecule has 0 atom stereocenters. The number of aryl methyl sites for hydroxylation is 1. The molecule has 7 heteroatoms. The highest BCUT2D eigenvalue weighted by molar-refractivity contribution is 8.00. The number of nitrogens with zero attached hydrogens (tertiary/aromatic N) is 3. The van der Waals surface area contributed by atoms with Gasteiger partial charge in [0.1, 0.15) is 5.82 Å². The summed E-state index contributed by atoms with van der Waals surface area (Å²) >= 11 is 1.44. The first-order valence-corrected chi connectivity index (χ1v) is 7.70. The van der Waals surface area contributed by atoms with Gasteiger partial charge in [-0.1, -0.05) is 18.2 Å². The third-order valence-corrected chi connectivity index (χ3v) is 4.37. The molecular formula is C15H17F2N3OS. The van der Waals surface area contributed by atoms with Crippen LogP contribution >= 0.6 is 11.8 Å². The van der Waals surface area contributed by atoms with Crippen LogP contribution in [0, 0.1) is 6.92 Å². The lowest BCUT2D eigenvalue weighted by Crippen LogP contribution is -2.29. The number of thioether (sulfide) groups is 1. The lowest BCUT2D eigenvalue weighted by Gasteiger charge is -2.17. The first-order valence-electron chi connectivity index (χ1n) is 6.71. The summed E-state index contributed by atoms with van der Waals surface area (Å²) in [6, 6.07) is 7.80. The normalized spacial score (nSPS) is 11.0. The Morgan fingerprint density at radius 2 is 2.14 bits per heavy atom. The van der Waals surface area contributed by atoms with Crippen LogP contribution in [0.3, 0.4) is 0 Å². The minimum Gasteiger partial charge on any atom is -0.338 e. The third kappa shape index (κ3) is 4.07. The average Bonchev–Trinajstić information content (AvgIpc) is 2.94. The van der Waals surface area contributed by atoms with E-state index in [1.165, 1.54) is 29.1 Å². The fraction of sp³-hybridized carbons (Fsp3) is 0.333. The van der Waals surface area contributed by atoms with Crippen molar-refractivity contribution in [3.05, 3.63) is 48.0 Å². The van der Waals surface area contributed by atoms with Crippen molar-refractivity contribution in [3.63, 3.8) is 0 Å². The fourth-order valence-electron chi connectivity index (χ4n) is 1.91. The third-order valence-electron chi connectivity index (χ3n) is 3.21. The van der Waals surface area contributed by atoms with Crippen molar-refractivity contribution in [1.82, 2.24) is 14.5 Å². The Hall–Kier alpha value is -1.89. The van der Waals surface area contributed by atoms with Crippen LogP contribution in [0.5, 0.6) is 0 Å². The second-order valence-electron chi connectivity index (χ2n) is 4.83. The molecular weight excluding hydrogens is 308 g/mol. The van der Waals surface area contributed by atoms with Gasteiger partial charge < -0.3 is 4.90 Å². The molecule has 1 aromatic heterocycles. The molecule has 22 heavy (non-hydrogen) atoms. The Labute approximate surface area is 132 Å². The minimum atomic E-state index is -2.65. The molecule has 1 heterocycles. The summed E-state index contributed by atoms with van der Waals surface area (Å²) < 4.78 is 26.2. The van der Waals surface area contributed by atoms with Crippen LogP contribution in [-0.4, -0.2) is 33.2 Å². The van der Waals surface area contributed by atoms with Gasteiger partial charge in [-0.25, -0.2) is 4.98 Å². The molecule has 0 aliphatic carbocycles. The topological polar surface area (TPSA) is 38.1 Å². The van der Waals surface area contributed by atoms with Crippen LogP contribution < -0.4 is 0 Å². The van der Waals surface area contributed by atoms with Gasteiger partial charge in [-0.15, -0.1) is 11.8 Å². The van der Waals surface area contributed by atoms with Gasteiger partial charge in [0, 0.05) is 24.3 Å². The van der Waals surface area contributed by atoms with Gasteiger partial charge in [-0.05, 0) is 18.6 Å². The number of alkyl halides is 2. The summed E-state index contributed by atoms with van der Waals surface area (Å²) in [5, 5.41) is 0. The molecule has 1 amide bonds. The second kappa shape index (κ2) is 7.40. The molecule has 1 aromatic carbocycles. The molecule has 2 aromatic rings. The largest absolute Gasteiger partial charge is 0.338 e. The van der Waals surface area contributed by atoms with E-state index in [1.807, 2.05) is 31.2 Å². The van der Waals surface area contributed by atoms with E-state index in [-0.39, 0.29) is 24.0 Å². The molecule has 0 unspecified atom stereocenters. The Morgan fingerprint density at radius 3 is 2.82 bits per heavy atom. The first-order chi connectivity index (χ1) is 10.5. The van der Waals surface area contributed by atoms with Crippen molar-refractivity contribution in [2.24, 2.45) is 0 Å². The van der Waals surface area contributed by atoms with Crippen molar-refractivity contribution in [2.45, 2.75) is 24.9 Å². The van der Waals surface area contributed by atoms with E-state index in [9.17, 15) is 13.6 Å². The van der Waals surface area contributed by atoms with Crippen LogP contribution in [0.1, 0.15) is 17.9 Å². The monoisotopic (exact) mass is 325 g/mol. The molecule has 0 N–H and O–H groups in total. The number of carbonyl (C=O) groups is 1. The zero-order valence-corrected chi connectivity index (χ0v) is 13.2. The second-order valence-corrected chi connectivity index (χ2v) is 5.85. The van der Waals surface area contributed by atoms with Gasteiger partial charge in [0.15, 0.2) is 0 Å². The van der Waals surface area contributed by atoms with E-state index >= 15 is 0 Å². The molecule has 118 valence electrons. The van der Waals surface area contributed by atoms with Crippen molar-refractivity contribution in [3.8, 4) is 0 Å². The highest BCUT2D eigenvalue weighted by atomic mass is 32.2. The maximum atomic E-state index is 12.7. The van der Waals surface area contributed by atoms with Crippen LogP contribution in [0.15, 0.2) is 41.6 Å². The summed E-state index contributed by atoms with van der Waals surface area (Å²) in [5.74, 6) is 0.306. The van der Waals surface area contributed by atoms with E-state index < -0.39 is 6.55 Å². The number of hydrogen-bond acceptors (Lipinski definition) is 3. The van der Waals surface area contributed by atoms with Crippen LogP contribution in [-0.2, 0) is 11.3 Å². The Morgan fingerprint density at radius 1 is 1.41 bits per heavy atom. The van der Waals surface area contributed by atoms with Crippen molar-refractivity contribution >= 4 is 17.7 Å². The first kappa shape index (κ1) is 16.5. The maximum absolute atomic E-state index is 12.7. The summed E-state index contributed by atoms with van der Waals surface area (Å²) in [6.07, 6.45) is 2.52. The summed E-state index contributed by atoms with van der Waals surface area (Å²) in [5.41, 5.74) is 1.11. The van der Waals surface area contributed by atoms with Gasteiger partial charge >= 0.3 is 6.55 Å². The molecule has 0 saturated carbocycles. The van der Waals surface area contributed by atoms with Gasteiger partial charge in [0.05, 0.1) is 12.3 Å². The van der Waals surface area contributed by atoms with Gasteiger partial charge in [0.25, 0.3) is 0 Å². The number of imidazole rings is 1. The Kier molecular flexibility index (Phi) is 5.54. The van der Waals surface area contributed by atoms with Crippen molar-refractivity contribution < 1.29 is 13.6 Å². The molecule has 0 fully saturated rings. The van der Waals surface area contributed by atoms with E-state index in [1.54, 1.807) is 7.05 Å². The van der Waals surface area contributed by atoms with Crippen molar-refractivity contribution in [1.29, 1.82) is 0 Å². The van der Waals surface area contributed by atoms with E-state index in [0.717, 1.165) is 15.0 Å². The van der Waals surface area contributed by atoms with E-state index in [0.29, 0.717) is 0 Å². The quantitative estimate of drug-likeness (QED) is 0.765. The lowest BCUT2D eigenvalue weighted by atomic mass is 10.2. The van der Waals surface area contributed by atoms with Gasteiger partial charge in [-0.2, -0.15) is 8.78 Å². The smallest absolute Gasteiger partial charge is 0.319 e. The predicted octanol–water partition coefficient (Wildman–Crippen LogP) is 3.34. The molecule has 0 aliphatic heterocycles. The zero-order valence-electron chi connectivity index (χ0n) is 12.4. The molecule has 2 rings (SSSR count). The van der Waals surface area contributed by atoms with Crippen LogP contribution in [0.2, 0.25) is 0 Å². The zero-order chi connectivity index (χ0) is 16.1. The molecule has 0 spiro atoms. The summed E-state index contributed by atoms with van der Waals surface area (Å²) in [7, 11) is 1.59. The standard InChI is InChI=1S/C15H17F2N3OS/c1-11-5-3-4-6-12(11)22-10-14(21)19(2)9-13-18-7-8-20(13)15(16)17/h3-8,15H,9-10H2,1-2H3.